The van der Waals surface area contributed by atoms with Crippen molar-refractivity contribution in [2.45, 2.75) is 97.3 Å². The van der Waals surface area contributed by atoms with Crippen LogP contribution in [0.4, 0.5) is 0 Å². The maximum atomic E-state index is 15.0. The van der Waals surface area contributed by atoms with Crippen molar-refractivity contribution in [1.82, 2.24) is 0 Å². The maximum absolute atomic E-state index is 15.0. The highest BCUT2D eigenvalue weighted by Gasteiger charge is 2.42. The summed E-state index contributed by atoms with van der Waals surface area (Å²) in [4.78, 5) is 15.0. The van der Waals surface area contributed by atoms with E-state index in [9.17, 15) is 0 Å². The first-order chi connectivity index (χ1) is 23.1. The van der Waals surface area contributed by atoms with Crippen LogP contribution >= 0.6 is 0 Å². The third kappa shape index (κ3) is 10.6. The first-order valence-electron chi connectivity index (χ1n) is 17.2. The van der Waals surface area contributed by atoms with E-state index in [-0.39, 0.29) is 35.0 Å². The van der Waals surface area contributed by atoms with Gasteiger partial charge in [0.2, 0.25) is 14.1 Å². The Morgan fingerprint density at radius 1 is 0.740 bits per heavy atom. The molecule has 0 saturated carbocycles. The van der Waals surface area contributed by atoms with Gasteiger partial charge in [-0.2, -0.15) is 0 Å². The smallest absolute Gasteiger partial charge is 0.250 e. The van der Waals surface area contributed by atoms with Gasteiger partial charge >= 0.3 is 0 Å². The average Bonchev–Trinajstić information content (AvgIpc) is 3.00. The summed E-state index contributed by atoms with van der Waals surface area (Å²) in [7, 11) is -1.41. The summed E-state index contributed by atoms with van der Waals surface area (Å²) in [5.41, 5.74) is 0.528. The largest absolute Gasteiger partial charge is 0.543 e. The van der Waals surface area contributed by atoms with Crippen molar-refractivity contribution in [3.8, 4) is 28.7 Å². The van der Waals surface area contributed by atoms with Crippen LogP contribution < -0.4 is 23.1 Å². The molecule has 2 aromatic carbocycles. The van der Waals surface area contributed by atoms with Crippen molar-refractivity contribution in [1.29, 1.82) is 0 Å². The monoisotopic (exact) mass is 732 g/mol. The summed E-state index contributed by atoms with van der Waals surface area (Å²) in [5, 5.41) is -0.157. The van der Waals surface area contributed by atoms with Gasteiger partial charge in [-0.25, -0.2) is 0 Å². The van der Waals surface area contributed by atoms with Gasteiger partial charge < -0.3 is 42.0 Å². The van der Waals surface area contributed by atoms with Crippen LogP contribution in [0.15, 0.2) is 30.3 Å². The van der Waals surface area contributed by atoms with E-state index in [4.69, 9.17) is 42.0 Å². The SMILES string of the molecule is COCCOCOc1cc(C(=O)c2cc(O[Si](C)(C)C(C)(C)C)ccc2O[Si](C)(C)C(C)(C)C)c(OCOCCOC)c2c1OC(C)(C)C=C2. The molecule has 0 aliphatic carbocycles. The van der Waals surface area contributed by atoms with Crippen LogP contribution in [0.2, 0.25) is 36.3 Å². The highest BCUT2D eigenvalue weighted by atomic mass is 28.4. The predicted molar refractivity (Wildman–Crippen MR) is 202 cm³/mol. The summed E-state index contributed by atoms with van der Waals surface area (Å²) >= 11 is 0. The Hall–Kier alpha value is -2.88. The number of ether oxygens (including phenoxy) is 7. The van der Waals surface area contributed by atoms with Gasteiger partial charge in [0.15, 0.2) is 25.1 Å². The van der Waals surface area contributed by atoms with E-state index in [1.807, 2.05) is 38.1 Å². The van der Waals surface area contributed by atoms with Crippen molar-refractivity contribution in [2.24, 2.45) is 0 Å². The summed E-state index contributed by atoms with van der Waals surface area (Å²) in [5.74, 6) is 1.85. The van der Waals surface area contributed by atoms with Crippen molar-refractivity contribution in [3.05, 3.63) is 47.0 Å². The van der Waals surface area contributed by atoms with E-state index >= 15 is 4.79 Å². The summed E-state index contributed by atoms with van der Waals surface area (Å²) in [6, 6.07) is 7.21. The third-order valence-corrected chi connectivity index (χ3v) is 18.2. The van der Waals surface area contributed by atoms with Crippen LogP contribution in [0.1, 0.15) is 76.9 Å². The molecule has 0 aromatic heterocycles. The Kier molecular flexibility index (Phi) is 13.8. The number of rotatable bonds is 18. The minimum absolute atomic E-state index is 0.0481. The van der Waals surface area contributed by atoms with Gasteiger partial charge in [0.25, 0.3) is 8.32 Å². The number of fused-ring (bicyclic) bond motifs is 1. The zero-order chi connectivity index (χ0) is 37.5. The van der Waals surface area contributed by atoms with Gasteiger partial charge in [0.05, 0.1) is 43.1 Å². The minimum Gasteiger partial charge on any atom is -0.543 e. The Bertz CT molecular complexity index is 1490. The van der Waals surface area contributed by atoms with Crippen LogP contribution in [0, 0.1) is 0 Å². The van der Waals surface area contributed by atoms with E-state index < -0.39 is 22.2 Å². The number of hydrogen-bond donors (Lipinski definition) is 0. The average molecular weight is 733 g/mol. The molecular weight excluding hydrogens is 673 g/mol. The molecule has 50 heavy (non-hydrogen) atoms. The number of hydrogen-bond acceptors (Lipinski definition) is 10. The van der Waals surface area contributed by atoms with E-state index in [0.717, 1.165) is 0 Å². The van der Waals surface area contributed by atoms with Gasteiger partial charge in [-0.05, 0) is 86.5 Å². The maximum Gasteiger partial charge on any atom is 0.250 e. The Labute approximate surface area is 301 Å². The van der Waals surface area contributed by atoms with E-state index in [1.54, 1.807) is 26.4 Å². The molecule has 0 radical (unpaired) electrons. The first-order valence-corrected chi connectivity index (χ1v) is 23.0. The number of ketones is 1. The van der Waals surface area contributed by atoms with E-state index in [1.165, 1.54) is 0 Å². The third-order valence-electron chi connectivity index (χ3n) is 9.49. The number of benzene rings is 2. The Morgan fingerprint density at radius 3 is 1.86 bits per heavy atom. The Balaban J connectivity index is 2.26. The molecule has 0 atom stereocenters. The van der Waals surface area contributed by atoms with E-state index in [2.05, 4.69) is 67.7 Å². The zero-order valence-electron chi connectivity index (χ0n) is 32.8. The van der Waals surface area contributed by atoms with Gasteiger partial charge in [0, 0.05) is 14.2 Å². The molecule has 2 aromatic rings. The molecule has 0 amide bonds. The van der Waals surface area contributed by atoms with Crippen LogP contribution in [0.25, 0.3) is 6.08 Å². The molecule has 0 fully saturated rings. The number of methoxy groups -OCH3 is 2. The van der Waals surface area contributed by atoms with Gasteiger partial charge in [-0.3, -0.25) is 4.79 Å². The highest BCUT2D eigenvalue weighted by Crippen LogP contribution is 2.48. The minimum atomic E-state index is -2.37. The second-order valence-electron chi connectivity index (χ2n) is 16.1. The summed E-state index contributed by atoms with van der Waals surface area (Å²) in [6.45, 7) is 26.9. The fourth-order valence-corrected chi connectivity index (χ4v) is 6.44. The van der Waals surface area contributed by atoms with Gasteiger partial charge in [-0.15, -0.1) is 0 Å². The molecule has 12 heteroatoms. The van der Waals surface area contributed by atoms with Gasteiger partial charge in [-0.1, -0.05) is 41.5 Å². The molecule has 10 nitrogen and oxygen atoms in total. The second kappa shape index (κ2) is 16.6. The van der Waals surface area contributed by atoms with E-state index in [0.29, 0.717) is 66.3 Å². The molecule has 280 valence electrons. The molecular formula is C38H60O10Si2. The standard InChI is InChI=1S/C38H60O10Si2/c1-36(2,3)49(11,12)47-27-15-16-31(48-50(13,14)37(4,5)6)29(23-27)33(39)30-24-32(44-25-42-21-19-40-9)35-28(17-18-38(7,8)46-35)34(30)45-26-43-22-20-41-10/h15-18,23-24H,19-22,25-26H2,1-14H3. The molecule has 1 aliphatic rings. The molecule has 0 spiro atoms. The van der Waals surface area contributed by atoms with Crippen molar-refractivity contribution in [3.63, 3.8) is 0 Å². The lowest BCUT2D eigenvalue weighted by Crippen LogP contribution is -2.44. The van der Waals surface area contributed by atoms with Crippen molar-refractivity contribution >= 4 is 28.5 Å². The lowest BCUT2D eigenvalue weighted by Gasteiger charge is -2.38. The first kappa shape index (κ1) is 41.5. The molecule has 3 rings (SSSR count). The second-order valence-corrected chi connectivity index (χ2v) is 25.5. The molecule has 0 unspecified atom stereocenters. The summed E-state index contributed by atoms with van der Waals surface area (Å²) in [6.07, 6.45) is 3.81. The lowest BCUT2D eigenvalue weighted by atomic mass is 9.94. The Morgan fingerprint density at radius 2 is 1.30 bits per heavy atom. The molecule has 0 N–H and O–H groups in total. The molecule has 0 saturated heterocycles. The fourth-order valence-electron chi connectivity index (χ4n) is 4.38. The molecule has 0 bridgehead atoms. The topological polar surface area (TPSA) is 100 Å². The summed E-state index contributed by atoms with van der Waals surface area (Å²) < 4.78 is 53.9. The van der Waals surface area contributed by atoms with Crippen molar-refractivity contribution in [2.75, 3.05) is 54.2 Å². The molecule has 1 aliphatic heterocycles. The van der Waals surface area contributed by atoms with Gasteiger partial charge in [0.1, 0.15) is 22.8 Å². The quantitative estimate of drug-likeness (QED) is 0.0640. The number of carbonyl (C=O) groups excluding carboxylic acids is 1. The van der Waals surface area contributed by atoms with Crippen LogP contribution in [0.5, 0.6) is 28.7 Å². The lowest BCUT2D eigenvalue weighted by molar-refractivity contribution is -0.0125. The molecule has 1 heterocycles. The van der Waals surface area contributed by atoms with Crippen LogP contribution in [-0.2, 0) is 18.9 Å². The van der Waals surface area contributed by atoms with Crippen molar-refractivity contribution < 1.29 is 46.8 Å². The predicted octanol–water partition coefficient (Wildman–Crippen LogP) is 8.87. The normalized spacial score (nSPS) is 14.5. The fraction of sp³-hybridized carbons (Fsp3) is 0.605. The van der Waals surface area contributed by atoms with Crippen LogP contribution in [-0.4, -0.2) is 82.3 Å². The van der Waals surface area contributed by atoms with Crippen LogP contribution in [0.3, 0.4) is 0 Å². The zero-order valence-corrected chi connectivity index (χ0v) is 34.8. The highest BCUT2D eigenvalue weighted by molar-refractivity contribution is 6.75. The number of carbonyl (C=O) groups is 1.